The van der Waals surface area contributed by atoms with E-state index in [1.165, 1.54) is 0 Å². The first-order valence-electron chi connectivity index (χ1n) is 4.09. The van der Waals surface area contributed by atoms with E-state index >= 15 is 0 Å². The molecule has 2 heteroatoms. The number of aromatic nitrogens is 1. The van der Waals surface area contributed by atoms with Crippen molar-refractivity contribution in [3.8, 4) is 5.69 Å². The highest BCUT2D eigenvalue weighted by Gasteiger charge is 2.07. The molecule has 0 aliphatic carbocycles. The van der Waals surface area contributed by atoms with Crippen molar-refractivity contribution in [1.29, 1.82) is 0 Å². The topological polar surface area (TPSA) is 3.88 Å². The summed E-state index contributed by atoms with van der Waals surface area (Å²) in [6.07, 6.45) is 3.95. The Morgan fingerprint density at radius 1 is 0.846 bits per heavy atom. The van der Waals surface area contributed by atoms with E-state index in [-0.39, 0.29) is 0 Å². The van der Waals surface area contributed by atoms with Crippen LogP contribution in [0.1, 0.15) is 0 Å². The molecule has 0 aliphatic heterocycles. The maximum atomic E-state index is 6.04. The standard InChI is InChI=1S/C11H9ClN/c12-10-6-2-3-7-11(10)13-8-4-1-5-9-13/h1-9H/q+1. The summed E-state index contributed by atoms with van der Waals surface area (Å²) in [5.41, 5.74) is 1.00. The first kappa shape index (κ1) is 8.27. The van der Waals surface area contributed by atoms with E-state index < -0.39 is 0 Å². The van der Waals surface area contributed by atoms with Gasteiger partial charge in [0.1, 0.15) is 5.02 Å². The highest BCUT2D eigenvalue weighted by Crippen LogP contribution is 2.13. The molecule has 0 atom stereocenters. The molecule has 64 valence electrons. The van der Waals surface area contributed by atoms with Gasteiger partial charge in [-0.2, -0.15) is 4.57 Å². The number of nitrogens with zero attached hydrogens (tertiary/aromatic N) is 1. The molecule has 0 unspecified atom stereocenters. The van der Waals surface area contributed by atoms with Gasteiger partial charge in [0, 0.05) is 18.2 Å². The molecule has 1 aromatic carbocycles. The highest BCUT2D eigenvalue weighted by molar-refractivity contribution is 6.32. The van der Waals surface area contributed by atoms with Crippen LogP contribution in [0.2, 0.25) is 5.02 Å². The third kappa shape index (κ3) is 1.70. The maximum absolute atomic E-state index is 6.04. The fraction of sp³-hybridized carbons (Fsp3) is 0. The Hall–Kier alpha value is -1.34. The quantitative estimate of drug-likeness (QED) is 0.609. The fourth-order valence-corrected chi connectivity index (χ4v) is 1.45. The number of para-hydroxylation sites is 1. The van der Waals surface area contributed by atoms with Crippen LogP contribution in [-0.4, -0.2) is 0 Å². The summed E-state index contributed by atoms with van der Waals surface area (Å²) in [6, 6.07) is 13.7. The van der Waals surface area contributed by atoms with E-state index in [0.29, 0.717) is 0 Å². The minimum Gasteiger partial charge on any atom is -0.166 e. The molecule has 2 rings (SSSR count). The number of hydrogen-bond acceptors (Lipinski definition) is 0. The third-order valence-corrected chi connectivity index (χ3v) is 2.17. The Kier molecular flexibility index (Phi) is 2.28. The Morgan fingerprint density at radius 2 is 1.54 bits per heavy atom. The van der Waals surface area contributed by atoms with Gasteiger partial charge in [0.2, 0.25) is 5.69 Å². The minimum atomic E-state index is 0.763. The Balaban J connectivity index is 2.54. The number of pyridine rings is 1. The molecule has 0 saturated carbocycles. The number of rotatable bonds is 1. The molecule has 1 heterocycles. The second-order valence-corrected chi connectivity index (χ2v) is 3.14. The number of benzene rings is 1. The van der Waals surface area contributed by atoms with Gasteiger partial charge in [0.15, 0.2) is 12.4 Å². The van der Waals surface area contributed by atoms with Crippen LogP contribution in [-0.2, 0) is 0 Å². The van der Waals surface area contributed by atoms with Gasteiger partial charge in [-0.05, 0) is 6.07 Å². The van der Waals surface area contributed by atoms with Gasteiger partial charge in [-0.25, -0.2) is 0 Å². The van der Waals surface area contributed by atoms with E-state index in [1.807, 2.05) is 59.4 Å². The lowest BCUT2D eigenvalue weighted by Crippen LogP contribution is -2.29. The van der Waals surface area contributed by atoms with Gasteiger partial charge in [-0.3, -0.25) is 0 Å². The summed E-state index contributed by atoms with van der Waals surface area (Å²) in [6.45, 7) is 0. The first-order chi connectivity index (χ1) is 6.38. The van der Waals surface area contributed by atoms with Gasteiger partial charge >= 0.3 is 0 Å². The zero-order valence-electron chi connectivity index (χ0n) is 7.02. The van der Waals surface area contributed by atoms with Crippen LogP contribution >= 0.6 is 11.6 Å². The molecule has 13 heavy (non-hydrogen) atoms. The minimum absolute atomic E-state index is 0.763. The van der Waals surface area contributed by atoms with E-state index in [9.17, 15) is 0 Å². The fourth-order valence-electron chi connectivity index (χ4n) is 1.22. The van der Waals surface area contributed by atoms with Crippen LogP contribution in [0.4, 0.5) is 0 Å². The lowest BCUT2D eigenvalue weighted by Gasteiger charge is -1.96. The smallest absolute Gasteiger partial charge is 0.166 e. The Morgan fingerprint density at radius 3 is 2.23 bits per heavy atom. The van der Waals surface area contributed by atoms with Crippen molar-refractivity contribution in [2.24, 2.45) is 0 Å². The normalized spacial score (nSPS) is 9.92. The van der Waals surface area contributed by atoms with Gasteiger partial charge in [0.05, 0.1) is 0 Å². The molecule has 0 saturated heterocycles. The predicted octanol–water partition coefficient (Wildman–Crippen LogP) is 2.62. The first-order valence-corrected chi connectivity index (χ1v) is 4.47. The largest absolute Gasteiger partial charge is 0.229 e. The molecule has 0 amide bonds. The van der Waals surface area contributed by atoms with Crippen molar-refractivity contribution in [2.45, 2.75) is 0 Å². The lowest BCUT2D eigenvalue weighted by molar-refractivity contribution is -0.595. The average molecular weight is 191 g/mol. The van der Waals surface area contributed by atoms with Gasteiger partial charge in [0.25, 0.3) is 0 Å². The van der Waals surface area contributed by atoms with Gasteiger partial charge in [-0.1, -0.05) is 29.8 Å². The average Bonchev–Trinajstić information content (AvgIpc) is 2.20. The van der Waals surface area contributed by atoms with Gasteiger partial charge in [-0.15, -0.1) is 0 Å². The SMILES string of the molecule is Clc1ccccc1-[n+]1ccccc1. The monoisotopic (exact) mass is 190 g/mol. The van der Waals surface area contributed by atoms with Crippen molar-refractivity contribution in [1.82, 2.24) is 0 Å². The van der Waals surface area contributed by atoms with Crippen molar-refractivity contribution in [3.05, 3.63) is 59.9 Å². The van der Waals surface area contributed by atoms with Crippen LogP contribution < -0.4 is 4.57 Å². The second kappa shape index (κ2) is 3.58. The molecule has 2 aromatic rings. The summed E-state index contributed by atoms with van der Waals surface area (Å²) >= 11 is 6.04. The van der Waals surface area contributed by atoms with Crippen LogP contribution in [0.3, 0.4) is 0 Å². The molecule has 0 spiro atoms. The summed E-state index contributed by atoms with van der Waals surface area (Å²) in [5, 5.41) is 0.763. The van der Waals surface area contributed by atoms with Crippen LogP contribution in [0, 0.1) is 0 Å². The zero-order valence-corrected chi connectivity index (χ0v) is 7.78. The highest BCUT2D eigenvalue weighted by atomic mass is 35.5. The summed E-state index contributed by atoms with van der Waals surface area (Å²) < 4.78 is 1.99. The predicted molar refractivity (Wildman–Crippen MR) is 53.0 cm³/mol. The van der Waals surface area contributed by atoms with Crippen molar-refractivity contribution in [3.63, 3.8) is 0 Å². The lowest BCUT2D eigenvalue weighted by atomic mass is 10.3. The Bertz CT molecular complexity index is 398. The van der Waals surface area contributed by atoms with E-state index in [4.69, 9.17) is 11.6 Å². The summed E-state index contributed by atoms with van der Waals surface area (Å²) in [5.74, 6) is 0. The molecule has 1 aromatic heterocycles. The van der Waals surface area contributed by atoms with Crippen LogP contribution in [0.25, 0.3) is 5.69 Å². The van der Waals surface area contributed by atoms with Gasteiger partial charge < -0.3 is 0 Å². The molecular formula is C11H9ClN+. The second-order valence-electron chi connectivity index (χ2n) is 2.73. The van der Waals surface area contributed by atoms with E-state index in [1.54, 1.807) is 0 Å². The molecule has 0 aliphatic rings. The third-order valence-electron chi connectivity index (χ3n) is 1.85. The van der Waals surface area contributed by atoms with Crippen LogP contribution in [0.15, 0.2) is 54.9 Å². The molecule has 1 nitrogen and oxygen atoms in total. The van der Waals surface area contributed by atoms with Crippen molar-refractivity contribution < 1.29 is 4.57 Å². The van der Waals surface area contributed by atoms with Crippen molar-refractivity contribution >= 4 is 11.6 Å². The van der Waals surface area contributed by atoms with Crippen LogP contribution in [0.5, 0.6) is 0 Å². The maximum Gasteiger partial charge on any atom is 0.229 e. The Labute approximate surface area is 82.2 Å². The summed E-state index contributed by atoms with van der Waals surface area (Å²) in [7, 11) is 0. The molecule has 0 bridgehead atoms. The van der Waals surface area contributed by atoms with E-state index in [0.717, 1.165) is 10.7 Å². The van der Waals surface area contributed by atoms with Crippen molar-refractivity contribution in [2.75, 3.05) is 0 Å². The molecule has 0 fully saturated rings. The van der Waals surface area contributed by atoms with E-state index in [2.05, 4.69) is 0 Å². The molecular weight excluding hydrogens is 182 g/mol. The summed E-state index contributed by atoms with van der Waals surface area (Å²) in [4.78, 5) is 0. The molecule has 0 radical (unpaired) electrons. The number of hydrogen-bond donors (Lipinski definition) is 0. The number of halogens is 1. The zero-order chi connectivity index (χ0) is 9.10. The molecule has 0 N–H and O–H groups in total.